The van der Waals surface area contributed by atoms with E-state index in [-0.39, 0.29) is 42.0 Å². The molecule has 0 bridgehead atoms. The van der Waals surface area contributed by atoms with Crippen LogP contribution in [-0.2, 0) is 21.9 Å². The molecule has 2 aromatic rings. The second-order valence-electron chi connectivity index (χ2n) is 6.53. The van der Waals surface area contributed by atoms with Crippen LogP contribution in [0.3, 0.4) is 0 Å². The molecule has 1 fully saturated rings. The van der Waals surface area contributed by atoms with Gasteiger partial charge < -0.3 is 10.6 Å². The molecule has 148 valence electrons. The Morgan fingerprint density at radius 1 is 1.21 bits per heavy atom. The van der Waals surface area contributed by atoms with Gasteiger partial charge in [0, 0.05) is 36.2 Å². The largest absolute Gasteiger partial charge is 0.352 e. The van der Waals surface area contributed by atoms with E-state index >= 15 is 0 Å². The summed E-state index contributed by atoms with van der Waals surface area (Å²) in [7, 11) is 0. The lowest BCUT2D eigenvalue weighted by molar-refractivity contribution is -0.125. The van der Waals surface area contributed by atoms with Crippen molar-refractivity contribution in [3.8, 4) is 0 Å². The molecular weight excluding hydrogens is 401 g/mol. The molecule has 1 aliphatic rings. The van der Waals surface area contributed by atoms with Crippen molar-refractivity contribution in [3.05, 3.63) is 70.5 Å². The van der Waals surface area contributed by atoms with Gasteiger partial charge in [0.2, 0.25) is 11.8 Å². The Morgan fingerprint density at radius 2 is 1.96 bits per heavy atom. The molecular formula is C20H21ClFN3O2S. The first-order valence-electron chi connectivity index (χ1n) is 8.91. The van der Waals surface area contributed by atoms with Gasteiger partial charge in [-0.1, -0.05) is 41.9 Å². The number of carbonyl (C=O) groups excluding carboxylic acids is 2. The Morgan fingerprint density at radius 3 is 2.71 bits per heavy atom. The second-order valence-corrected chi connectivity index (χ2v) is 8.05. The van der Waals surface area contributed by atoms with Crippen molar-refractivity contribution < 1.29 is 14.0 Å². The highest BCUT2D eigenvalue weighted by Gasteiger charge is 2.27. The highest BCUT2D eigenvalue weighted by Crippen LogP contribution is 2.20. The van der Waals surface area contributed by atoms with E-state index in [1.54, 1.807) is 30.3 Å². The maximum atomic E-state index is 13.7. The Balaban J connectivity index is 1.47. The summed E-state index contributed by atoms with van der Waals surface area (Å²) in [5.74, 6) is -0.115. The minimum atomic E-state index is -0.366. The molecule has 5 nitrogen and oxygen atoms in total. The van der Waals surface area contributed by atoms with Crippen LogP contribution in [-0.4, -0.2) is 23.4 Å². The van der Waals surface area contributed by atoms with Crippen LogP contribution in [0, 0.1) is 5.82 Å². The van der Waals surface area contributed by atoms with Crippen molar-refractivity contribution in [1.82, 2.24) is 16.0 Å². The zero-order valence-corrected chi connectivity index (χ0v) is 16.7. The van der Waals surface area contributed by atoms with Crippen molar-refractivity contribution in [1.29, 1.82) is 0 Å². The fraction of sp³-hybridized carbons (Fsp3) is 0.300. The van der Waals surface area contributed by atoms with Crippen LogP contribution >= 0.6 is 23.4 Å². The molecule has 1 aliphatic heterocycles. The SMILES string of the molecule is O=C(CC1CC(=O)NC(SCc2ccccc2F)N1)NCc1ccc(Cl)cc1. The fourth-order valence-electron chi connectivity index (χ4n) is 2.85. The highest BCUT2D eigenvalue weighted by molar-refractivity contribution is 7.99. The average Bonchev–Trinajstić information content (AvgIpc) is 2.66. The van der Waals surface area contributed by atoms with E-state index in [9.17, 15) is 14.0 Å². The lowest BCUT2D eigenvalue weighted by Crippen LogP contribution is -2.55. The summed E-state index contributed by atoms with van der Waals surface area (Å²) < 4.78 is 13.7. The van der Waals surface area contributed by atoms with Crippen LogP contribution in [0.4, 0.5) is 4.39 Å². The Hall–Kier alpha value is -2.09. The van der Waals surface area contributed by atoms with Gasteiger partial charge in [0.25, 0.3) is 0 Å². The molecule has 0 radical (unpaired) electrons. The van der Waals surface area contributed by atoms with E-state index in [2.05, 4.69) is 16.0 Å². The lowest BCUT2D eigenvalue weighted by Gasteiger charge is -2.31. The van der Waals surface area contributed by atoms with Gasteiger partial charge in [0.05, 0.1) is 0 Å². The van der Waals surface area contributed by atoms with Crippen molar-refractivity contribution >= 4 is 35.2 Å². The predicted molar refractivity (Wildman–Crippen MR) is 109 cm³/mol. The normalized spacial score (nSPS) is 19.1. The standard InChI is InChI=1S/C20H21ClFN3O2S/c21-15-7-5-13(6-8-15)11-23-18(26)9-16-10-19(27)25-20(24-16)28-12-14-3-1-2-4-17(14)22/h1-8,16,20,24H,9-12H2,(H,23,26)(H,25,27). The number of rotatable bonds is 7. The molecule has 0 spiro atoms. The summed E-state index contributed by atoms with van der Waals surface area (Å²) in [5.41, 5.74) is 1.16. The van der Waals surface area contributed by atoms with E-state index in [4.69, 9.17) is 11.6 Å². The number of nitrogens with one attached hydrogen (secondary N) is 3. The van der Waals surface area contributed by atoms with Crippen LogP contribution in [0.15, 0.2) is 48.5 Å². The van der Waals surface area contributed by atoms with Gasteiger partial charge in [-0.25, -0.2) is 4.39 Å². The topological polar surface area (TPSA) is 70.2 Å². The van der Waals surface area contributed by atoms with Gasteiger partial charge in [0.1, 0.15) is 11.3 Å². The number of hydrogen-bond donors (Lipinski definition) is 3. The van der Waals surface area contributed by atoms with Gasteiger partial charge in [-0.2, -0.15) is 0 Å². The first kappa shape index (κ1) is 20.6. The number of thioether (sulfide) groups is 1. The summed E-state index contributed by atoms with van der Waals surface area (Å²) in [6.45, 7) is 0.403. The van der Waals surface area contributed by atoms with Gasteiger partial charge >= 0.3 is 0 Å². The van der Waals surface area contributed by atoms with Crippen LogP contribution in [0.2, 0.25) is 5.02 Å². The van der Waals surface area contributed by atoms with Crippen molar-refractivity contribution in [2.24, 2.45) is 0 Å². The molecule has 8 heteroatoms. The number of amides is 2. The molecule has 2 aromatic carbocycles. The maximum Gasteiger partial charge on any atom is 0.223 e. The van der Waals surface area contributed by atoms with Crippen molar-refractivity contribution in [2.75, 3.05) is 0 Å². The zero-order valence-electron chi connectivity index (χ0n) is 15.1. The molecule has 0 saturated carbocycles. The molecule has 0 aromatic heterocycles. The van der Waals surface area contributed by atoms with E-state index in [1.165, 1.54) is 17.8 Å². The zero-order chi connectivity index (χ0) is 19.9. The summed E-state index contributed by atoms with van der Waals surface area (Å²) >= 11 is 7.23. The first-order valence-corrected chi connectivity index (χ1v) is 10.3. The maximum absolute atomic E-state index is 13.7. The van der Waals surface area contributed by atoms with E-state index in [0.29, 0.717) is 22.9 Å². The number of benzene rings is 2. The minimum absolute atomic E-state index is 0.125. The monoisotopic (exact) mass is 421 g/mol. The molecule has 2 amide bonds. The third kappa shape index (κ3) is 6.22. The smallest absolute Gasteiger partial charge is 0.223 e. The Labute approximate surface area is 172 Å². The Bertz CT molecular complexity index is 834. The third-order valence-electron chi connectivity index (χ3n) is 4.31. The van der Waals surface area contributed by atoms with Gasteiger partial charge in [-0.15, -0.1) is 11.8 Å². The van der Waals surface area contributed by atoms with Crippen molar-refractivity contribution in [3.63, 3.8) is 0 Å². The van der Waals surface area contributed by atoms with E-state index in [1.807, 2.05) is 12.1 Å². The van der Waals surface area contributed by atoms with Crippen LogP contribution < -0.4 is 16.0 Å². The summed E-state index contributed by atoms with van der Waals surface area (Å²) in [6, 6.07) is 13.5. The molecule has 3 rings (SSSR count). The molecule has 2 atom stereocenters. The van der Waals surface area contributed by atoms with Crippen LogP contribution in [0.25, 0.3) is 0 Å². The summed E-state index contributed by atoms with van der Waals surface area (Å²) in [4.78, 5) is 24.2. The second kappa shape index (κ2) is 9.91. The summed E-state index contributed by atoms with van der Waals surface area (Å²) in [5, 5.41) is 9.55. The predicted octanol–water partition coefficient (Wildman–Crippen LogP) is 3.18. The number of hydrogen-bond acceptors (Lipinski definition) is 4. The van der Waals surface area contributed by atoms with E-state index in [0.717, 1.165) is 5.56 Å². The van der Waals surface area contributed by atoms with Gasteiger partial charge in [-0.3, -0.25) is 14.9 Å². The molecule has 1 saturated heterocycles. The van der Waals surface area contributed by atoms with E-state index < -0.39 is 0 Å². The number of carbonyl (C=O) groups is 2. The quantitative estimate of drug-likeness (QED) is 0.642. The lowest BCUT2D eigenvalue weighted by atomic mass is 10.1. The number of halogens is 2. The summed E-state index contributed by atoms with van der Waals surface area (Å²) in [6.07, 6.45) is 0.420. The van der Waals surface area contributed by atoms with Crippen LogP contribution in [0.1, 0.15) is 24.0 Å². The fourth-order valence-corrected chi connectivity index (χ4v) is 4.06. The van der Waals surface area contributed by atoms with Gasteiger partial charge in [-0.05, 0) is 29.3 Å². The van der Waals surface area contributed by atoms with Gasteiger partial charge in [0.15, 0.2) is 0 Å². The Kier molecular flexibility index (Phi) is 7.30. The average molecular weight is 422 g/mol. The third-order valence-corrected chi connectivity index (χ3v) is 5.63. The molecule has 28 heavy (non-hydrogen) atoms. The molecule has 2 unspecified atom stereocenters. The van der Waals surface area contributed by atoms with Crippen molar-refractivity contribution in [2.45, 2.75) is 36.7 Å². The minimum Gasteiger partial charge on any atom is -0.352 e. The first-order chi connectivity index (χ1) is 13.5. The molecule has 0 aliphatic carbocycles. The highest BCUT2D eigenvalue weighted by atomic mass is 35.5. The van der Waals surface area contributed by atoms with Crippen LogP contribution in [0.5, 0.6) is 0 Å². The molecule has 3 N–H and O–H groups in total. The molecule has 1 heterocycles.